The molecule has 0 radical (unpaired) electrons. The topological polar surface area (TPSA) is 57.5 Å². The van der Waals surface area contributed by atoms with Gasteiger partial charge in [0.1, 0.15) is 0 Å². The van der Waals surface area contributed by atoms with Crippen LogP contribution < -0.4 is 4.90 Å². The minimum atomic E-state index is 0.217. The Balaban J connectivity index is 1.38. The Morgan fingerprint density at radius 2 is 1.93 bits per heavy atom. The van der Waals surface area contributed by atoms with Gasteiger partial charge in [-0.2, -0.15) is 5.10 Å². The molecule has 2 fully saturated rings. The summed E-state index contributed by atoms with van der Waals surface area (Å²) in [5, 5.41) is 4.27. The zero-order valence-corrected chi connectivity index (χ0v) is 17.8. The van der Waals surface area contributed by atoms with Crippen molar-refractivity contribution in [1.29, 1.82) is 0 Å². The van der Waals surface area contributed by atoms with Gasteiger partial charge in [0.15, 0.2) is 0 Å². The number of carbonyl (C=O) groups is 1. The average molecular weight is 397 g/mol. The highest BCUT2D eigenvalue weighted by Gasteiger charge is 2.29. The van der Waals surface area contributed by atoms with Gasteiger partial charge in [0, 0.05) is 87.1 Å². The van der Waals surface area contributed by atoms with Crippen LogP contribution in [0.4, 0.5) is 5.69 Å². The van der Waals surface area contributed by atoms with E-state index >= 15 is 0 Å². The molecular formula is C22H32N6O. The smallest absolute Gasteiger partial charge is 0.224 e. The van der Waals surface area contributed by atoms with Gasteiger partial charge in [-0.25, -0.2) is 0 Å². The number of piperazine rings is 1. The summed E-state index contributed by atoms with van der Waals surface area (Å²) in [6.07, 6.45) is 3.28. The molecule has 7 heteroatoms. The number of hydrogen-bond acceptors (Lipinski definition) is 5. The lowest BCUT2D eigenvalue weighted by Crippen LogP contribution is -2.44. The summed E-state index contributed by atoms with van der Waals surface area (Å²) >= 11 is 0. The Labute approximate surface area is 173 Å². The minimum absolute atomic E-state index is 0.217. The molecule has 156 valence electrons. The van der Waals surface area contributed by atoms with Crippen LogP contribution >= 0.6 is 0 Å². The highest BCUT2D eigenvalue weighted by molar-refractivity contribution is 5.76. The Morgan fingerprint density at radius 1 is 1.14 bits per heavy atom. The van der Waals surface area contributed by atoms with E-state index in [1.807, 2.05) is 22.6 Å². The fraction of sp³-hybridized carbons (Fsp3) is 0.591. The van der Waals surface area contributed by atoms with Crippen molar-refractivity contribution in [3.05, 3.63) is 41.5 Å². The maximum Gasteiger partial charge on any atom is 0.224 e. The largest absolute Gasteiger partial charge is 0.369 e. The van der Waals surface area contributed by atoms with Crippen molar-refractivity contribution in [2.45, 2.75) is 39.2 Å². The van der Waals surface area contributed by atoms with E-state index in [9.17, 15) is 4.79 Å². The lowest BCUT2D eigenvalue weighted by atomic mass is 10.0. The minimum Gasteiger partial charge on any atom is -0.369 e. The Bertz CT molecular complexity index is 855. The summed E-state index contributed by atoms with van der Waals surface area (Å²) in [5.74, 6) is 0.547. The first kappa shape index (κ1) is 19.9. The summed E-state index contributed by atoms with van der Waals surface area (Å²) in [4.78, 5) is 24.4. The third-order valence-corrected chi connectivity index (χ3v) is 6.25. The number of likely N-dealkylation sites (N-methyl/N-ethyl adjacent to an activating group) is 1. The van der Waals surface area contributed by atoms with Crippen molar-refractivity contribution in [2.24, 2.45) is 0 Å². The van der Waals surface area contributed by atoms with E-state index in [2.05, 4.69) is 41.0 Å². The van der Waals surface area contributed by atoms with Crippen LogP contribution in [0.15, 0.2) is 24.4 Å². The monoisotopic (exact) mass is 396 g/mol. The number of anilines is 1. The van der Waals surface area contributed by atoms with E-state index in [4.69, 9.17) is 4.98 Å². The number of carbonyl (C=O) groups excluding carboxylic acids is 1. The van der Waals surface area contributed by atoms with Crippen molar-refractivity contribution in [1.82, 2.24) is 24.6 Å². The van der Waals surface area contributed by atoms with Gasteiger partial charge < -0.3 is 14.7 Å². The summed E-state index contributed by atoms with van der Waals surface area (Å²) in [7, 11) is 2.18. The Morgan fingerprint density at radius 3 is 2.66 bits per heavy atom. The van der Waals surface area contributed by atoms with Gasteiger partial charge in [0.2, 0.25) is 5.91 Å². The van der Waals surface area contributed by atoms with E-state index in [0.29, 0.717) is 18.9 Å². The van der Waals surface area contributed by atoms with Crippen molar-refractivity contribution >= 4 is 11.6 Å². The van der Waals surface area contributed by atoms with Gasteiger partial charge >= 0.3 is 0 Å². The van der Waals surface area contributed by atoms with Crippen LogP contribution in [0.25, 0.3) is 0 Å². The van der Waals surface area contributed by atoms with Gasteiger partial charge in [-0.3, -0.25) is 14.5 Å². The van der Waals surface area contributed by atoms with Crippen molar-refractivity contribution in [3.63, 3.8) is 0 Å². The lowest BCUT2D eigenvalue weighted by Gasteiger charge is -2.34. The van der Waals surface area contributed by atoms with Crippen LogP contribution in [0.5, 0.6) is 0 Å². The summed E-state index contributed by atoms with van der Waals surface area (Å²) in [6, 6.07) is 6.42. The van der Waals surface area contributed by atoms with E-state index < -0.39 is 0 Å². The second kappa shape index (κ2) is 8.53. The second-order valence-corrected chi connectivity index (χ2v) is 8.45. The van der Waals surface area contributed by atoms with Crippen LogP contribution in [-0.4, -0.2) is 76.8 Å². The quantitative estimate of drug-likeness (QED) is 0.774. The highest BCUT2D eigenvalue weighted by atomic mass is 16.2. The fourth-order valence-electron chi connectivity index (χ4n) is 4.35. The first-order valence-electron chi connectivity index (χ1n) is 10.7. The van der Waals surface area contributed by atoms with E-state index in [0.717, 1.165) is 62.8 Å². The van der Waals surface area contributed by atoms with Gasteiger partial charge in [0.25, 0.3) is 0 Å². The molecule has 0 bridgehead atoms. The van der Waals surface area contributed by atoms with Gasteiger partial charge in [0.05, 0.1) is 0 Å². The summed E-state index contributed by atoms with van der Waals surface area (Å²) in [6.45, 7) is 10.6. The number of aromatic nitrogens is 3. The van der Waals surface area contributed by atoms with Gasteiger partial charge in [-0.05, 0) is 45.5 Å². The van der Waals surface area contributed by atoms with E-state index in [1.165, 1.54) is 5.69 Å². The summed E-state index contributed by atoms with van der Waals surface area (Å²) < 4.78 is 1.90. The molecule has 0 spiro atoms. The molecule has 0 aromatic carbocycles. The van der Waals surface area contributed by atoms with E-state index in [-0.39, 0.29) is 5.91 Å². The molecule has 2 aromatic rings. The van der Waals surface area contributed by atoms with Gasteiger partial charge in [-0.1, -0.05) is 0 Å². The maximum absolute atomic E-state index is 12.7. The van der Waals surface area contributed by atoms with Crippen LogP contribution in [0.3, 0.4) is 0 Å². The molecule has 1 amide bonds. The molecule has 4 rings (SSSR count). The molecule has 0 unspecified atom stereocenters. The molecule has 2 aromatic heterocycles. The zero-order valence-electron chi connectivity index (χ0n) is 17.8. The predicted molar refractivity (Wildman–Crippen MR) is 114 cm³/mol. The van der Waals surface area contributed by atoms with E-state index in [1.54, 1.807) is 6.20 Å². The van der Waals surface area contributed by atoms with Crippen molar-refractivity contribution in [2.75, 3.05) is 51.2 Å². The SMILES string of the molecule is Cc1cc(N2CCN(C)CC2)cc([C@@H]2CCN(C(=O)CCn3nccc3C)C2)n1. The third kappa shape index (κ3) is 4.61. The second-order valence-electron chi connectivity index (χ2n) is 8.45. The molecule has 4 heterocycles. The predicted octanol–water partition coefficient (Wildman–Crippen LogP) is 2.05. The highest BCUT2D eigenvalue weighted by Crippen LogP contribution is 2.29. The molecule has 2 saturated heterocycles. The first-order chi connectivity index (χ1) is 14.0. The normalized spacial score (nSPS) is 20.4. The fourth-order valence-corrected chi connectivity index (χ4v) is 4.35. The van der Waals surface area contributed by atoms with Crippen LogP contribution in [0.1, 0.15) is 35.8 Å². The van der Waals surface area contributed by atoms with Crippen molar-refractivity contribution in [3.8, 4) is 0 Å². The molecule has 2 aliphatic rings. The molecule has 0 N–H and O–H groups in total. The molecular weight excluding hydrogens is 364 g/mol. The molecule has 1 atom stereocenters. The van der Waals surface area contributed by atoms with Gasteiger partial charge in [-0.15, -0.1) is 0 Å². The Hall–Kier alpha value is -2.41. The molecule has 0 saturated carbocycles. The third-order valence-electron chi connectivity index (χ3n) is 6.25. The zero-order chi connectivity index (χ0) is 20.4. The maximum atomic E-state index is 12.7. The number of aryl methyl sites for hydroxylation is 3. The van der Waals surface area contributed by atoms with Crippen LogP contribution in [0.2, 0.25) is 0 Å². The summed E-state index contributed by atoms with van der Waals surface area (Å²) in [5.41, 5.74) is 4.57. The number of rotatable bonds is 5. The molecule has 29 heavy (non-hydrogen) atoms. The molecule has 0 aliphatic carbocycles. The Kier molecular flexibility index (Phi) is 5.85. The number of hydrogen-bond donors (Lipinski definition) is 0. The number of nitrogens with zero attached hydrogens (tertiary/aromatic N) is 6. The standard InChI is InChI=1S/C22H32N6O/c1-17-14-20(26-12-10-25(3)11-13-26)15-21(24-17)19-5-8-27(16-19)22(29)6-9-28-18(2)4-7-23-28/h4,7,14-15,19H,5-6,8-13,16H2,1-3H3/t19-/m1/s1. The van der Waals surface area contributed by atoms with Crippen molar-refractivity contribution < 1.29 is 4.79 Å². The van der Waals surface area contributed by atoms with Crippen LogP contribution in [-0.2, 0) is 11.3 Å². The average Bonchev–Trinajstić information content (AvgIpc) is 3.35. The first-order valence-corrected chi connectivity index (χ1v) is 10.7. The lowest BCUT2D eigenvalue weighted by molar-refractivity contribution is -0.130. The number of amides is 1. The molecule has 2 aliphatic heterocycles. The molecule has 7 nitrogen and oxygen atoms in total. The van der Waals surface area contributed by atoms with Crippen LogP contribution in [0, 0.1) is 13.8 Å². The number of pyridine rings is 1. The number of likely N-dealkylation sites (tertiary alicyclic amines) is 1.